The Morgan fingerprint density at radius 1 is 1.16 bits per heavy atom. The van der Waals surface area contributed by atoms with Gasteiger partial charge in [0.15, 0.2) is 5.75 Å². The molecular formula is C19H16Cl2N2O6S2. The number of halogens is 2. The van der Waals surface area contributed by atoms with Gasteiger partial charge in [-0.1, -0.05) is 34.5 Å². The molecule has 0 spiro atoms. The van der Waals surface area contributed by atoms with Crippen molar-refractivity contribution in [3.63, 3.8) is 0 Å². The standard InChI is InChI=1S/C19H16Cl2N2O6S2/c20-13-5-10(8-23-17(25)9-30-19(23)26)6-14(21)18(13)29-12-3-4-15(24)16(7-12)31(27,28)22-11-1-2-11/h3-7,9,11,22,24-25H,1-2,8H2. The van der Waals surface area contributed by atoms with Gasteiger partial charge in [-0.2, -0.15) is 0 Å². The maximum atomic E-state index is 12.5. The fourth-order valence-electron chi connectivity index (χ4n) is 2.83. The van der Waals surface area contributed by atoms with Gasteiger partial charge in [-0.3, -0.25) is 9.36 Å². The van der Waals surface area contributed by atoms with E-state index >= 15 is 0 Å². The van der Waals surface area contributed by atoms with Gasteiger partial charge in [0.05, 0.1) is 22.0 Å². The monoisotopic (exact) mass is 502 g/mol. The number of aromatic hydroxyl groups is 2. The highest BCUT2D eigenvalue weighted by Gasteiger charge is 2.30. The molecule has 1 aliphatic rings. The predicted molar refractivity (Wildman–Crippen MR) is 117 cm³/mol. The molecule has 8 nitrogen and oxygen atoms in total. The quantitative estimate of drug-likeness (QED) is 0.450. The molecule has 0 bridgehead atoms. The lowest BCUT2D eigenvalue weighted by molar-refractivity contribution is 0.421. The summed E-state index contributed by atoms with van der Waals surface area (Å²) in [5.74, 6) is -0.385. The van der Waals surface area contributed by atoms with Gasteiger partial charge in [0.1, 0.15) is 16.4 Å². The first-order chi connectivity index (χ1) is 14.6. The van der Waals surface area contributed by atoms with Gasteiger partial charge in [-0.05, 0) is 42.7 Å². The minimum atomic E-state index is -3.91. The number of sulfonamides is 1. The summed E-state index contributed by atoms with van der Waals surface area (Å²) >= 11 is 13.5. The number of ether oxygens (including phenoxy) is 1. The van der Waals surface area contributed by atoms with Crippen molar-refractivity contribution in [2.45, 2.75) is 30.3 Å². The van der Waals surface area contributed by atoms with E-state index < -0.39 is 15.8 Å². The van der Waals surface area contributed by atoms with Crippen LogP contribution in [-0.4, -0.2) is 29.2 Å². The SMILES string of the molecule is O=c1scc(O)n1Cc1cc(Cl)c(Oc2ccc(O)c(S(=O)(=O)NC3CC3)c2)c(Cl)c1. The van der Waals surface area contributed by atoms with Crippen LogP contribution in [0.25, 0.3) is 0 Å². The lowest BCUT2D eigenvalue weighted by Gasteiger charge is -2.14. The lowest BCUT2D eigenvalue weighted by Crippen LogP contribution is -2.25. The minimum absolute atomic E-state index is 0.0579. The zero-order valence-corrected chi connectivity index (χ0v) is 18.9. The number of benzene rings is 2. The molecule has 0 radical (unpaired) electrons. The summed E-state index contributed by atoms with van der Waals surface area (Å²) in [7, 11) is -3.91. The summed E-state index contributed by atoms with van der Waals surface area (Å²) in [6, 6.07) is 6.70. The molecule has 1 saturated carbocycles. The number of nitrogens with one attached hydrogen (secondary N) is 1. The van der Waals surface area contributed by atoms with Crippen LogP contribution in [0.1, 0.15) is 18.4 Å². The second-order valence-electron chi connectivity index (χ2n) is 6.96. The van der Waals surface area contributed by atoms with E-state index in [4.69, 9.17) is 27.9 Å². The Morgan fingerprint density at radius 3 is 2.42 bits per heavy atom. The first-order valence-electron chi connectivity index (χ1n) is 9.02. The van der Waals surface area contributed by atoms with Crippen molar-refractivity contribution in [1.29, 1.82) is 0 Å². The van der Waals surface area contributed by atoms with Gasteiger partial charge in [0.25, 0.3) is 0 Å². The molecule has 164 valence electrons. The molecule has 4 rings (SSSR count). The summed E-state index contributed by atoms with van der Waals surface area (Å²) in [4.78, 5) is 11.1. The van der Waals surface area contributed by atoms with Gasteiger partial charge >= 0.3 is 4.87 Å². The Hall–Kier alpha value is -2.24. The lowest BCUT2D eigenvalue weighted by atomic mass is 10.2. The molecule has 1 aromatic heterocycles. The number of hydrogen-bond acceptors (Lipinski definition) is 7. The Balaban J connectivity index is 1.61. The van der Waals surface area contributed by atoms with E-state index in [-0.39, 0.29) is 49.8 Å². The topological polar surface area (TPSA) is 118 Å². The first kappa shape index (κ1) is 22.0. The van der Waals surface area contributed by atoms with Gasteiger partial charge in [-0.25, -0.2) is 13.1 Å². The zero-order valence-electron chi connectivity index (χ0n) is 15.7. The summed E-state index contributed by atoms with van der Waals surface area (Å²) in [6.45, 7) is 0.0579. The van der Waals surface area contributed by atoms with Crippen molar-refractivity contribution in [2.24, 2.45) is 0 Å². The van der Waals surface area contributed by atoms with E-state index in [1.165, 1.54) is 35.7 Å². The van der Waals surface area contributed by atoms with Crippen LogP contribution in [0.3, 0.4) is 0 Å². The highest BCUT2D eigenvalue weighted by Crippen LogP contribution is 2.39. The molecule has 1 fully saturated rings. The van der Waals surface area contributed by atoms with Gasteiger partial charge in [-0.15, -0.1) is 0 Å². The molecule has 1 aliphatic carbocycles. The zero-order chi connectivity index (χ0) is 22.3. The largest absolute Gasteiger partial charge is 0.507 e. The first-order valence-corrected chi connectivity index (χ1v) is 12.1. The third-order valence-electron chi connectivity index (χ3n) is 4.50. The normalized spacial score (nSPS) is 14.0. The molecule has 0 amide bonds. The molecule has 0 unspecified atom stereocenters. The third-order valence-corrected chi connectivity index (χ3v) is 7.36. The fraction of sp³-hybridized carbons (Fsp3) is 0.211. The molecular weight excluding hydrogens is 487 g/mol. The molecule has 1 heterocycles. The molecule has 0 atom stereocenters. The number of phenols is 1. The van der Waals surface area contributed by atoms with Crippen molar-refractivity contribution in [1.82, 2.24) is 9.29 Å². The van der Waals surface area contributed by atoms with E-state index in [1.54, 1.807) is 0 Å². The summed E-state index contributed by atoms with van der Waals surface area (Å²) in [6.07, 6.45) is 1.51. The molecule has 2 aromatic carbocycles. The van der Waals surface area contributed by atoms with Crippen molar-refractivity contribution in [3.05, 3.63) is 61.0 Å². The highest BCUT2D eigenvalue weighted by atomic mass is 35.5. The Kier molecular flexibility index (Phi) is 5.93. The van der Waals surface area contributed by atoms with E-state index in [1.807, 2.05) is 0 Å². The Morgan fingerprint density at radius 2 is 1.84 bits per heavy atom. The number of phenolic OH excluding ortho intramolecular Hbond substituents is 1. The molecule has 0 saturated heterocycles. The summed E-state index contributed by atoms with van der Waals surface area (Å²) in [5, 5.41) is 21.3. The number of nitrogens with zero attached hydrogens (tertiary/aromatic N) is 1. The smallest absolute Gasteiger partial charge is 0.310 e. The van der Waals surface area contributed by atoms with E-state index in [0.29, 0.717) is 5.56 Å². The fourth-order valence-corrected chi connectivity index (χ4v) is 5.47. The van der Waals surface area contributed by atoms with E-state index in [9.17, 15) is 23.4 Å². The Bertz CT molecular complexity index is 1290. The third kappa shape index (κ3) is 4.83. The van der Waals surface area contributed by atoms with Crippen LogP contribution in [0.15, 0.2) is 45.4 Å². The van der Waals surface area contributed by atoms with Gasteiger partial charge < -0.3 is 14.9 Å². The molecule has 3 N–H and O–H groups in total. The molecule has 3 aromatic rings. The van der Waals surface area contributed by atoms with Crippen molar-refractivity contribution in [3.8, 4) is 23.1 Å². The van der Waals surface area contributed by atoms with Crippen LogP contribution in [0, 0.1) is 0 Å². The minimum Gasteiger partial charge on any atom is -0.507 e. The average Bonchev–Trinajstić information content (AvgIpc) is 3.45. The maximum Gasteiger partial charge on any atom is 0.310 e. The highest BCUT2D eigenvalue weighted by molar-refractivity contribution is 7.89. The Labute approximate surface area is 191 Å². The van der Waals surface area contributed by atoms with Crippen LogP contribution >= 0.6 is 34.5 Å². The number of hydrogen-bond donors (Lipinski definition) is 3. The number of thiazole rings is 1. The predicted octanol–water partition coefficient (Wildman–Crippen LogP) is 3.91. The van der Waals surface area contributed by atoms with Crippen LogP contribution in [0.5, 0.6) is 23.1 Å². The second-order valence-corrected chi connectivity index (χ2v) is 10.3. The average molecular weight is 503 g/mol. The van der Waals surface area contributed by atoms with Crippen molar-refractivity contribution >= 4 is 44.6 Å². The van der Waals surface area contributed by atoms with Gasteiger partial charge in [0, 0.05) is 12.1 Å². The van der Waals surface area contributed by atoms with Crippen LogP contribution in [0.2, 0.25) is 10.0 Å². The number of aromatic nitrogens is 1. The van der Waals surface area contributed by atoms with Crippen LogP contribution < -0.4 is 14.3 Å². The van der Waals surface area contributed by atoms with Crippen molar-refractivity contribution < 1.29 is 23.4 Å². The van der Waals surface area contributed by atoms with Crippen LogP contribution in [-0.2, 0) is 16.6 Å². The summed E-state index contributed by atoms with van der Waals surface area (Å²) in [5.41, 5.74) is 0.556. The van der Waals surface area contributed by atoms with Crippen LogP contribution in [0.4, 0.5) is 0 Å². The summed E-state index contributed by atoms with van der Waals surface area (Å²) < 4.78 is 34.3. The van der Waals surface area contributed by atoms with E-state index in [2.05, 4.69) is 4.72 Å². The van der Waals surface area contributed by atoms with Gasteiger partial charge in [0.2, 0.25) is 15.9 Å². The molecule has 12 heteroatoms. The molecule has 31 heavy (non-hydrogen) atoms. The molecule has 0 aliphatic heterocycles. The van der Waals surface area contributed by atoms with Crippen molar-refractivity contribution in [2.75, 3.05) is 0 Å². The van der Waals surface area contributed by atoms with E-state index in [0.717, 1.165) is 28.7 Å². The number of rotatable bonds is 7. The second kappa shape index (κ2) is 8.36. The maximum absolute atomic E-state index is 12.5.